The molecule has 4 N–H and O–H groups in total. The average molecular weight is 473 g/mol. The highest BCUT2D eigenvalue weighted by Crippen LogP contribution is 2.19. The Hall–Kier alpha value is -1.14. The minimum atomic E-state index is -1.23. The Morgan fingerprint density at radius 1 is 0.727 bits per heavy atom. The van der Waals surface area contributed by atoms with Crippen LogP contribution in [0.4, 0.5) is 0 Å². The van der Waals surface area contributed by atoms with Crippen molar-refractivity contribution in [3.05, 3.63) is 0 Å². The van der Waals surface area contributed by atoms with Crippen LogP contribution in [-0.4, -0.2) is 52.2 Å². The number of carboxylic acid groups (broad SMARTS) is 1. The summed E-state index contributed by atoms with van der Waals surface area (Å²) in [5.74, 6) is -1.30. The van der Waals surface area contributed by atoms with Gasteiger partial charge in [0.25, 0.3) is 0 Å². The molecule has 0 aromatic carbocycles. The van der Waals surface area contributed by atoms with Gasteiger partial charge in [0.1, 0.15) is 6.10 Å². The first kappa shape index (κ1) is 34.0. The molecular formula is C27H56N2O4. The summed E-state index contributed by atoms with van der Waals surface area (Å²) in [4.78, 5) is 23.6. The van der Waals surface area contributed by atoms with Gasteiger partial charge < -0.3 is 20.8 Å². The number of aliphatic hydroxyl groups excluding tert-OH is 1. The lowest BCUT2D eigenvalue weighted by molar-refractivity contribution is -0.145. The number of primary amides is 1. The lowest BCUT2D eigenvalue weighted by atomic mass is 9.92. The predicted molar refractivity (Wildman–Crippen MR) is 139 cm³/mol. The zero-order valence-electron chi connectivity index (χ0n) is 22.5. The molecule has 1 amide bonds. The third-order valence-electron chi connectivity index (χ3n) is 6.56. The Labute approximate surface area is 204 Å². The maximum atomic E-state index is 11.8. The molecule has 0 rings (SSSR count). The highest BCUT2D eigenvalue weighted by Gasteiger charge is 2.25. The molecule has 0 radical (unpaired) electrons. The summed E-state index contributed by atoms with van der Waals surface area (Å²) in [5.41, 5.74) is 5.67. The first-order valence-electron chi connectivity index (χ1n) is 13.7. The number of carbonyl (C=O) groups is 2. The van der Waals surface area contributed by atoms with Crippen LogP contribution < -0.4 is 5.73 Å². The number of nitrogens with zero attached hydrogens (tertiary/aromatic N) is 1. The number of hydrogen-bond donors (Lipinski definition) is 3. The minimum Gasteiger partial charge on any atom is -0.479 e. The summed E-state index contributed by atoms with van der Waals surface area (Å²) in [6, 6.07) is 0.263. The maximum absolute atomic E-state index is 11.8. The van der Waals surface area contributed by atoms with E-state index in [2.05, 4.69) is 32.6 Å². The van der Waals surface area contributed by atoms with E-state index in [9.17, 15) is 9.59 Å². The van der Waals surface area contributed by atoms with Crippen molar-refractivity contribution < 1.29 is 19.8 Å². The molecule has 0 aliphatic heterocycles. The van der Waals surface area contributed by atoms with Gasteiger partial charge in [-0.2, -0.15) is 0 Å². The number of amides is 1. The number of carbonyl (C=O) groups excluding carboxylic acids is 1. The van der Waals surface area contributed by atoms with E-state index in [0.717, 1.165) is 25.9 Å². The van der Waals surface area contributed by atoms with Gasteiger partial charge in [-0.3, -0.25) is 4.79 Å². The number of nitrogens with two attached hydrogens (primary N) is 1. The molecular weight excluding hydrogens is 416 g/mol. The second kappa shape index (κ2) is 24.0. The molecule has 198 valence electrons. The minimum absolute atomic E-state index is 0.00206. The van der Waals surface area contributed by atoms with E-state index in [1.165, 1.54) is 90.4 Å². The van der Waals surface area contributed by atoms with Gasteiger partial charge in [0, 0.05) is 6.04 Å². The number of hydrogen-bond acceptors (Lipinski definition) is 4. The molecule has 3 atom stereocenters. The van der Waals surface area contributed by atoms with Gasteiger partial charge in [0.15, 0.2) is 0 Å². The largest absolute Gasteiger partial charge is 0.479 e. The van der Waals surface area contributed by atoms with Crippen molar-refractivity contribution in [2.24, 2.45) is 11.7 Å². The van der Waals surface area contributed by atoms with E-state index in [4.69, 9.17) is 15.9 Å². The van der Waals surface area contributed by atoms with E-state index >= 15 is 0 Å². The Balaban J connectivity index is 0. The molecule has 33 heavy (non-hydrogen) atoms. The SMILES string of the molecule is CC(O)C(=O)O.CCCCCCCCCCCCCCCCC(C(N)=O)C(C)N(CC)CC. The summed E-state index contributed by atoms with van der Waals surface area (Å²) in [5, 5.41) is 15.8. The summed E-state index contributed by atoms with van der Waals surface area (Å²) in [7, 11) is 0. The first-order chi connectivity index (χ1) is 15.7. The Bertz CT molecular complexity index is 453. The van der Waals surface area contributed by atoms with Crippen molar-refractivity contribution >= 4 is 11.9 Å². The van der Waals surface area contributed by atoms with Gasteiger partial charge in [-0.1, -0.05) is 111 Å². The van der Waals surface area contributed by atoms with Crippen molar-refractivity contribution in [1.29, 1.82) is 0 Å². The fourth-order valence-corrected chi connectivity index (χ4v) is 4.23. The molecule has 0 spiro atoms. The quantitative estimate of drug-likeness (QED) is 0.174. The van der Waals surface area contributed by atoms with E-state index in [0.29, 0.717) is 0 Å². The van der Waals surface area contributed by atoms with Gasteiger partial charge in [0.2, 0.25) is 5.91 Å². The maximum Gasteiger partial charge on any atom is 0.332 e. The molecule has 6 heteroatoms. The van der Waals surface area contributed by atoms with Crippen molar-refractivity contribution in [1.82, 2.24) is 4.90 Å². The van der Waals surface area contributed by atoms with Crippen molar-refractivity contribution in [3.63, 3.8) is 0 Å². The topological polar surface area (TPSA) is 104 Å². The highest BCUT2D eigenvalue weighted by molar-refractivity contribution is 5.77. The van der Waals surface area contributed by atoms with Crippen LogP contribution in [0.1, 0.15) is 131 Å². The van der Waals surface area contributed by atoms with Crippen LogP contribution >= 0.6 is 0 Å². The van der Waals surface area contributed by atoms with Crippen LogP contribution in [0.25, 0.3) is 0 Å². The lowest BCUT2D eigenvalue weighted by Gasteiger charge is -2.31. The average Bonchev–Trinajstić information content (AvgIpc) is 2.77. The third-order valence-corrected chi connectivity index (χ3v) is 6.56. The van der Waals surface area contributed by atoms with Gasteiger partial charge >= 0.3 is 5.97 Å². The van der Waals surface area contributed by atoms with Gasteiger partial charge in [-0.25, -0.2) is 4.79 Å². The fraction of sp³-hybridized carbons (Fsp3) is 0.926. The molecule has 3 unspecified atom stereocenters. The highest BCUT2D eigenvalue weighted by atomic mass is 16.4. The molecule has 0 aliphatic rings. The third kappa shape index (κ3) is 21.2. The van der Waals surface area contributed by atoms with Crippen LogP contribution in [0, 0.1) is 5.92 Å². The van der Waals surface area contributed by atoms with Crippen LogP contribution in [0.15, 0.2) is 0 Å². The smallest absolute Gasteiger partial charge is 0.332 e. The number of aliphatic carboxylic acids is 1. The summed E-state index contributed by atoms with van der Waals surface area (Å²) in [6.07, 6.45) is 18.9. The summed E-state index contributed by atoms with van der Waals surface area (Å²) in [6.45, 7) is 11.9. The molecule has 0 fully saturated rings. The van der Waals surface area contributed by atoms with Gasteiger partial charge in [-0.05, 0) is 33.4 Å². The van der Waals surface area contributed by atoms with E-state index in [-0.39, 0.29) is 17.9 Å². The monoisotopic (exact) mass is 472 g/mol. The Morgan fingerprint density at radius 2 is 1.06 bits per heavy atom. The molecule has 0 aromatic rings. The Morgan fingerprint density at radius 3 is 1.33 bits per heavy atom. The lowest BCUT2D eigenvalue weighted by Crippen LogP contribution is -2.43. The molecule has 0 aliphatic carbocycles. The van der Waals surface area contributed by atoms with Gasteiger partial charge in [-0.15, -0.1) is 0 Å². The van der Waals surface area contributed by atoms with Gasteiger partial charge in [0.05, 0.1) is 5.92 Å². The standard InChI is InChI=1S/C24H50N2O.C3H6O3/c1-5-8-9-10-11-12-13-14-15-16-17-18-19-20-21-23(24(25)27)22(4)26(6-2)7-3;1-2(4)3(5)6/h22-23H,5-21H2,1-4H3,(H2,25,27);2,4H,1H3,(H,5,6). The fourth-order valence-electron chi connectivity index (χ4n) is 4.23. The van der Waals surface area contributed by atoms with Crippen molar-refractivity contribution in [3.8, 4) is 0 Å². The molecule has 0 saturated carbocycles. The summed E-state index contributed by atoms with van der Waals surface area (Å²) >= 11 is 0. The second-order valence-electron chi connectivity index (χ2n) is 9.37. The molecule has 0 saturated heterocycles. The molecule has 0 bridgehead atoms. The molecule has 0 heterocycles. The number of aliphatic hydroxyl groups is 1. The van der Waals surface area contributed by atoms with Crippen LogP contribution in [0.2, 0.25) is 0 Å². The van der Waals surface area contributed by atoms with Crippen molar-refractivity contribution in [2.45, 2.75) is 143 Å². The number of carboxylic acids is 1. The van der Waals surface area contributed by atoms with Crippen LogP contribution in [0.3, 0.4) is 0 Å². The Kier molecular flexibility index (Phi) is 24.7. The predicted octanol–water partition coefficient (Wildman–Crippen LogP) is 6.14. The number of unbranched alkanes of at least 4 members (excludes halogenated alkanes) is 13. The second-order valence-corrected chi connectivity index (χ2v) is 9.37. The van der Waals surface area contributed by atoms with Crippen molar-refractivity contribution in [2.75, 3.05) is 13.1 Å². The normalized spacial score (nSPS) is 13.8. The zero-order valence-corrected chi connectivity index (χ0v) is 22.5. The van der Waals surface area contributed by atoms with E-state index < -0.39 is 12.1 Å². The summed E-state index contributed by atoms with van der Waals surface area (Å²) < 4.78 is 0. The number of rotatable bonds is 21. The molecule has 0 aromatic heterocycles. The molecule has 6 nitrogen and oxygen atoms in total. The van der Waals surface area contributed by atoms with E-state index in [1.54, 1.807) is 0 Å². The van der Waals surface area contributed by atoms with E-state index in [1.807, 2.05) is 0 Å². The first-order valence-corrected chi connectivity index (χ1v) is 13.7. The van der Waals surface area contributed by atoms with Crippen LogP contribution in [-0.2, 0) is 9.59 Å². The van der Waals surface area contributed by atoms with Crippen LogP contribution in [0.5, 0.6) is 0 Å². The zero-order chi connectivity index (χ0) is 25.5.